The molecular weight excluding hydrogens is 380 g/mol. The fraction of sp³-hybridized carbons (Fsp3) is 0. The molecule has 28 heavy (non-hydrogen) atoms. The van der Waals surface area contributed by atoms with Gasteiger partial charge in [-0.1, -0.05) is 0 Å². The lowest BCUT2D eigenvalue weighted by Crippen LogP contribution is -2.24. The van der Waals surface area contributed by atoms with E-state index >= 15 is 0 Å². The number of nitrogens with one attached hydrogen (secondary N) is 1. The molecule has 0 aliphatic rings. The van der Waals surface area contributed by atoms with Crippen LogP contribution in [0.1, 0.15) is 10.4 Å². The van der Waals surface area contributed by atoms with Gasteiger partial charge < -0.3 is 11.1 Å². The molecule has 0 spiro atoms. The number of halogens is 1. The van der Waals surface area contributed by atoms with E-state index in [0.29, 0.717) is 28.2 Å². The summed E-state index contributed by atoms with van der Waals surface area (Å²) >= 11 is 0. The van der Waals surface area contributed by atoms with Gasteiger partial charge in [0, 0.05) is 30.5 Å². The van der Waals surface area contributed by atoms with Crippen molar-refractivity contribution >= 4 is 40.9 Å². The zero-order chi connectivity index (χ0) is 18.8. The van der Waals surface area contributed by atoms with E-state index in [-0.39, 0.29) is 18.0 Å². The average Bonchev–Trinajstić information content (AvgIpc) is 2.70. The van der Waals surface area contributed by atoms with Gasteiger partial charge in [-0.25, -0.2) is 9.97 Å². The molecule has 0 aromatic carbocycles. The molecule has 0 atom stereocenters. The highest BCUT2D eigenvalue weighted by molar-refractivity contribution is 6.05. The Labute approximate surface area is 165 Å². The number of hydrogen-bond donors (Lipinski definition) is 2. The summed E-state index contributed by atoms with van der Waals surface area (Å²) in [7, 11) is 0. The molecule has 0 aliphatic carbocycles. The highest BCUT2D eigenvalue weighted by Gasteiger charge is 2.17. The number of nitrogens with two attached hydrogens (primary N) is 1. The van der Waals surface area contributed by atoms with Crippen molar-refractivity contribution in [1.82, 2.24) is 19.5 Å². The number of amides is 1. The van der Waals surface area contributed by atoms with Crippen LogP contribution in [-0.4, -0.2) is 25.4 Å². The highest BCUT2D eigenvalue weighted by atomic mass is 35.5. The molecule has 4 aromatic heterocycles. The van der Waals surface area contributed by atoms with Gasteiger partial charge in [-0.15, -0.1) is 12.4 Å². The predicted octanol–water partition coefficient (Wildman–Crippen LogP) is 2.43. The van der Waals surface area contributed by atoms with Gasteiger partial charge in [0.05, 0.1) is 17.3 Å². The van der Waals surface area contributed by atoms with E-state index in [1.807, 2.05) is 0 Å². The van der Waals surface area contributed by atoms with Crippen LogP contribution in [0.25, 0.3) is 16.7 Å². The van der Waals surface area contributed by atoms with Crippen molar-refractivity contribution in [2.24, 2.45) is 0 Å². The highest BCUT2D eigenvalue weighted by Crippen LogP contribution is 2.16. The lowest BCUT2D eigenvalue weighted by atomic mass is 10.1. The molecule has 0 unspecified atom stereocenters. The molecule has 0 saturated heterocycles. The summed E-state index contributed by atoms with van der Waals surface area (Å²) in [5, 5.41) is 3.03. The van der Waals surface area contributed by atoms with Crippen LogP contribution in [0.4, 0.5) is 11.5 Å². The lowest BCUT2D eigenvalue weighted by molar-refractivity contribution is 0.102. The first-order valence-corrected chi connectivity index (χ1v) is 8.07. The standard InChI is InChI=1S/C19H14N6O2.ClH/c20-16-4-3-13(10-23-16)25-11-15(17(26)14-2-1-7-22-18(14)25)19(27)24-12-5-8-21-9-6-12;/h1-11H,(H2,20,23)(H,21,24,27);1H. The average molecular weight is 395 g/mol. The first-order valence-electron chi connectivity index (χ1n) is 8.07. The summed E-state index contributed by atoms with van der Waals surface area (Å²) in [4.78, 5) is 37.8. The summed E-state index contributed by atoms with van der Waals surface area (Å²) in [5.41, 5.74) is 6.84. The summed E-state index contributed by atoms with van der Waals surface area (Å²) in [6.07, 6.45) is 7.70. The second kappa shape index (κ2) is 7.85. The van der Waals surface area contributed by atoms with Crippen molar-refractivity contribution in [3.05, 3.63) is 83.2 Å². The van der Waals surface area contributed by atoms with Gasteiger partial charge >= 0.3 is 0 Å². The fourth-order valence-corrected chi connectivity index (χ4v) is 2.69. The van der Waals surface area contributed by atoms with E-state index in [2.05, 4.69) is 20.3 Å². The van der Waals surface area contributed by atoms with Gasteiger partial charge in [0.1, 0.15) is 17.0 Å². The third kappa shape index (κ3) is 3.53. The third-order valence-corrected chi connectivity index (χ3v) is 3.99. The Morgan fingerprint density at radius 1 is 1.04 bits per heavy atom. The van der Waals surface area contributed by atoms with E-state index in [0.717, 1.165) is 0 Å². The van der Waals surface area contributed by atoms with Crippen molar-refractivity contribution in [2.75, 3.05) is 11.1 Å². The normalized spacial score (nSPS) is 10.3. The number of carbonyl (C=O) groups is 1. The third-order valence-electron chi connectivity index (χ3n) is 3.99. The smallest absolute Gasteiger partial charge is 0.261 e. The Morgan fingerprint density at radius 2 is 1.82 bits per heavy atom. The van der Waals surface area contributed by atoms with Gasteiger partial charge in [-0.3, -0.25) is 19.1 Å². The van der Waals surface area contributed by atoms with Gasteiger partial charge in [-0.05, 0) is 36.4 Å². The quantitative estimate of drug-likeness (QED) is 0.551. The maximum atomic E-state index is 12.8. The summed E-state index contributed by atoms with van der Waals surface area (Å²) in [5.74, 6) is -0.151. The minimum absolute atomic E-state index is 0. The summed E-state index contributed by atoms with van der Waals surface area (Å²) in [6, 6.07) is 9.95. The predicted molar refractivity (Wildman–Crippen MR) is 109 cm³/mol. The zero-order valence-electron chi connectivity index (χ0n) is 14.4. The van der Waals surface area contributed by atoms with Crippen molar-refractivity contribution in [3.8, 4) is 5.69 Å². The van der Waals surface area contributed by atoms with Crippen LogP contribution >= 0.6 is 12.4 Å². The Balaban J connectivity index is 0.00000225. The number of anilines is 2. The minimum atomic E-state index is -0.519. The van der Waals surface area contributed by atoms with Crippen LogP contribution in [0.15, 0.2) is 72.2 Å². The van der Waals surface area contributed by atoms with Crippen LogP contribution < -0.4 is 16.5 Å². The van der Waals surface area contributed by atoms with Crippen LogP contribution in [0.2, 0.25) is 0 Å². The molecule has 1 amide bonds. The largest absolute Gasteiger partial charge is 0.384 e. The van der Waals surface area contributed by atoms with Crippen LogP contribution in [0, 0.1) is 0 Å². The van der Waals surface area contributed by atoms with E-state index in [4.69, 9.17) is 5.73 Å². The molecule has 0 bridgehead atoms. The molecule has 8 nitrogen and oxygen atoms in total. The molecule has 140 valence electrons. The SMILES string of the molecule is Cl.Nc1ccc(-n2cc(C(=O)Nc3ccncc3)c(=O)c3cccnc32)cn1. The van der Waals surface area contributed by atoms with Gasteiger partial charge in [0.15, 0.2) is 0 Å². The second-order valence-corrected chi connectivity index (χ2v) is 5.75. The topological polar surface area (TPSA) is 116 Å². The van der Waals surface area contributed by atoms with Crippen molar-refractivity contribution in [3.63, 3.8) is 0 Å². The maximum Gasteiger partial charge on any atom is 0.261 e. The monoisotopic (exact) mass is 394 g/mol. The molecule has 0 aliphatic heterocycles. The fourth-order valence-electron chi connectivity index (χ4n) is 2.69. The molecule has 0 radical (unpaired) electrons. The van der Waals surface area contributed by atoms with Crippen LogP contribution in [-0.2, 0) is 0 Å². The number of nitrogens with zero attached hydrogens (tertiary/aromatic N) is 4. The van der Waals surface area contributed by atoms with Crippen LogP contribution in [0.5, 0.6) is 0 Å². The molecule has 4 heterocycles. The number of pyridine rings is 4. The first kappa shape index (κ1) is 19.0. The first-order chi connectivity index (χ1) is 13.1. The van der Waals surface area contributed by atoms with Gasteiger partial charge in [0.2, 0.25) is 5.43 Å². The lowest BCUT2D eigenvalue weighted by Gasteiger charge is -2.12. The van der Waals surface area contributed by atoms with Crippen molar-refractivity contribution in [1.29, 1.82) is 0 Å². The summed E-state index contributed by atoms with van der Waals surface area (Å²) in [6.45, 7) is 0. The molecule has 4 aromatic rings. The Morgan fingerprint density at radius 3 is 2.54 bits per heavy atom. The van der Waals surface area contributed by atoms with Crippen LogP contribution in [0.3, 0.4) is 0 Å². The number of aromatic nitrogens is 4. The molecule has 3 N–H and O–H groups in total. The Kier molecular flexibility index (Phi) is 5.32. The number of hydrogen-bond acceptors (Lipinski definition) is 6. The van der Waals surface area contributed by atoms with E-state index in [9.17, 15) is 9.59 Å². The molecular formula is C19H15ClN6O2. The van der Waals surface area contributed by atoms with E-state index < -0.39 is 11.3 Å². The molecule has 9 heteroatoms. The maximum absolute atomic E-state index is 12.8. The number of carbonyl (C=O) groups excluding carboxylic acids is 1. The van der Waals surface area contributed by atoms with Crippen molar-refractivity contribution < 1.29 is 4.79 Å². The zero-order valence-corrected chi connectivity index (χ0v) is 15.3. The Hall–Kier alpha value is -3.78. The second-order valence-electron chi connectivity index (χ2n) is 5.75. The molecule has 4 rings (SSSR count). The van der Waals surface area contributed by atoms with Gasteiger partial charge in [-0.2, -0.15) is 0 Å². The number of fused-ring (bicyclic) bond motifs is 1. The molecule has 0 saturated carbocycles. The molecule has 0 fully saturated rings. The van der Waals surface area contributed by atoms with Crippen molar-refractivity contribution in [2.45, 2.75) is 0 Å². The summed E-state index contributed by atoms with van der Waals surface area (Å²) < 4.78 is 1.64. The van der Waals surface area contributed by atoms with Gasteiger partial charge in [0.25, 0.3) is 5.91 Å². The number of rotatable bonds is 3. The van der Waals surface area contributed by atoms with E-state index in [1.54, 1.807) is 65.8 Å². The number of nitrogen functional groups attached to an aromatic ring is 1. The van der Waals surface area contributed by atoms with E-state index in [1.165, 1.54) is 6.20 Å². The Bertz CT molecular complexity index is 1190. The minimum Gasteiger partial charge on any atom is -0.384 e.